The highest BCUT2D eigenvalue weighted by atomic mass is 16.5. The van der Waals surface area contributed by atoms with Crippen LogP contribution in [0.15, 0.2) is 30.3 Å². The average Bonchev–Trinajstić information content (AvgIpc) is 2.49. The molecule has 0 aliphatic carbocycles. The molecule has 2 aromatic rings. The van der Waals surface area contributed by atoms with Crippen LogP contribution in [0.5, 0.6) is 11.6 Å². The number of ether oxygens (including phenoxy) is 1. The van der Waals surface area contributed by atoms with E-state index < -0.39 is 0 Å². The summed E-state index contributed by atoms with van der Waals surface area (Å²) in [5.41, 5.74) is 0.956. The quantitative estimate of drug-likeness (QED) is 0.846. The molecule has 0 spiro atoms. The first kappa shape index (κ1) is 14.3. The number of aliphatic hydroxyl groups is 1. The van der Waals surface area contributed by atoms with Crippen molar-refractivity contribution in [2.24, 2.45) is 0 Å². The maximum Gasteiger partial charge on any atom is 0.224 e. The van der Waals surface area contributed by atoms with Crippen molar-refractivity contribution in [3.8, 4) is 11.6 Å². The molecule has 0 bridgehead atoms. The summed E-state index contributed by atoms with van der Waals surface area (Å²) in [6.45, 7) is 2.09. The summed E-state index contributed by atoms with van der Waals surface area (Å²) in [7, 11) is 1.81. The second kappa shape index (κ2) is 6.86. The Morgan fingerprint density at radius 2 is 2.05 bits per heavy atom. The fourth-order valence-corrected chi connectivity index (χ4v) is 1.85. The Morgan fingerprint density at radius 3 is 2.75 bits per heavy atom. The van der Waals surface area contributed by atoms with E-state index in [0.717, 1.165) is 23.6 Å². The third kappa shape index (κ3) is 3.45. The average molecular weight is 273 g/mol. The lowest BCUT2D eigenvalue weighted by atomic mass is 10.1. The van der Waals surface area contributed by atoms with Crippen molar-refractivity contribution in [1.82, 2.24) is 9.97 Å². The summed E-state index contributed by atoms with van der Waals surface area (Å²) in [4.78, 5) is 8.69. The molecule has 5 nitrogen and oxygen atoms in total. The molecule has 0 amide bonds. The van der Waals surface area contributed by atoms with Gasteiger partial charge in [-0.05, 0) is 18.1 Å². The van der Waals surface area contributed by atoms with E-state index in [1.807, 2.05) is 38.2 Å². The minimum Gasteiger partial charge on any atom is -0.439 e. The van der Waals surface area contributed by atoms with E-state index in [-0.39, 0.29) is 6.61 Å². The Bertz CT molecular complexity index is 551. The van der Waals surface area contributed by atoms with E-state index in [1.54, 1.807) is 6.07 Å². The van der Waals surface area contributed by atoms with Crippen LogP contribution in [0.1, 0.15) is 18.3 Å². The van der Waals surface area contributed by atoms with Gasteiger partial charge in [-0.15, -0.1) is 0 Å². The normalized spacial score (nSPS) is 10.3. The number of rotatable bonds is 6. The summed E-state index contributed by atoms with van der Waals surface area (Å²) in [5, 5.41) is 12.1. The zero-order chi connectivity index (χ0) is 14.4. The van der Waals surface area contributed by atoms with Crippen LogP contribution in [0, 0.1) is 0 Å². The van der Waals surface area contributed by atoms with Crippen molar-refractivity contribution in [3.05, 3.63) is 41.7 Å². The van der Waals surface area contributed by atoms with Gasteiger partial charge in [0.2, 0.25) is 5.88 Å². The van der Waals surface area contributed by atoms with Gasteiger partial charge in [0.05, 0.1) is 0 Å². The Balaban J connectivity index is 2.29. The second-order valence-electron chi connectivity index (χ2n) is 4.29. The minimum absolute atomic E-state index is 0.0894. The summed E-state index contributed by atoms with van der Waals surface area (Å²) < 4.78 is 5.84. The highest BCUT2D eigenvalue weighted by Crippen LogP contribution is 2.25. The molecule has 0 atom stereocenters. The van der Waals surface area contributed by atoms with Gasteiger partial charge in [0.1, 0.15) is 17.4 Å². The number of nitrogens with one attached hydrogen (secondary N) is 1. The number of hydrogen-bond acceptors (Lipinski definition) is 5. The van der Waals surface area contributed by atoms with Crippen LogP contribution in [0.2, 0.25) is 0 Å². The van der Waals surface area contributed by atoms with Gasteiger partial charge in [0.25, 0.3) is 0 Å². The molecule has 0 unspecified atom stereocenters. The highest BCUT2D eigenvalue weighted by Gasteiger charge is 2.08. The smallest absolute Gasteiger partial charge is 0.224 e. The lowest BCUT2D eigenvalue weighted by molar-refractivity contribution is 0.297. The molecule has 0 saturated heterocycles. The molecule has 1 aromatic heterocycles. The van der Waals surface area contributed by atoms with Crippen LogP contribution in [-0.4, -0.2) is 28.7 Å². The Hall–Kier alpha value is -2.14. The Labute approximate surface area is 118 Å². The van der Waals surface area contributed by atoms with E-state index >= 15 is 0 Å². The van der Waals surface area contributed by atoms with Crippen LogP contribution in [0.3, 0.4) is 0 Å². The molecule has 2 N–H and O–H groups in total. The van der Waals surface area contributed by atoms with Crippen LogP contribution >= 0.6 is 0 Å². The predicted molar refractivity (Wildman–Crippen MR) is 78.3 cm³/mol. The number of anilines is 1. The number of aliphatic hydroxyl groups excluding tert-OH is 1. The third-order valence-electron chi connectivity index (χ3n) is 2.89. The zero-order valence-corrected chi connectivity index (χ0v) is 11.8. The van der Waals surface area contributed by atoms with E-state index in [9.17, 15) is 0 Å². The molecule has 2 rings (SSSR count). The number of hydrogen-bond donors (Lipinski definition) is 2. The van der Waals surface area contributed by atoms with Gasteiger partial charge in [-0.2, -0.15) is 4.98 Å². The molecule has 5 heteroatoms. The maximum atomic E-state index is 9.08. The van der Waals surface area contributed by atoms with Gasteiger partial charge >= 0.3 is 0 Å². The van der Waals surface area contributed by atoms with Crippen LogP contribution in [0.4, 0.5) is 5.82 Å². The summed E-state index contributed by atoms with van der Waals surface area (Å²) in [5.74, 6) is 2.67. The maximum absolute atomic E-state index is 9.08. The van der Waals surface area contributed by atoms with E-state index in [4.69, 9.17) is 9.84 Å². The van der Waals surface area contributed by atoms with Gasteiger partial charge < -0.3 is 15.2 Å². The van der Waals surface area contributed by atoms with Crippen molar-refractivity contribution >= 4 is 5.82 Å². The lowest BCUT2D eigenvalue weighted by Gasteiger charge is -2.11. The molecular weight excluding hydrogens is 254 g/mol. The van der Waals surface area contributed by atoms with Gasteiger partial charge in [-0.1, -0.05) is 25.1 Å². The molecule has 1 aromatic carbocycles. The van der Waals surface area contributed by atoms with E-state index in [1.165, 1.54) is 0 Å². The Kier molecular flexibility index (Phi) is 4.90. The fourth-order valence-electron chi connectivity index (χ4n) is 1.85. The van der Waals surface area contributed by atoms with Crippen molar-refractivity contribution in [1.29, 1.82) is 0 Å². The molecule has 106 valence electrons. The number of nitrogens with zero attached hydrogens (tertiary/aromatic N) is 2. The Morgan fingerprint density at radius 1 is 1.25 bits per heavy atom. The molecule has 0 saturated carbocycles. The highest BCUT2D eigenvalue weighted by molar-refractivity contribution is 5.41. The number of benzene rings is 1. The molecule has 1 heterocycles. The fraction of sp³-hybridized carbons (Fsp3) is 0.333. The molecule has 0 fully saturated rings. The van der Waals surface area contributed by atoms with E-state index in [2.05, 4.69) is 15.3 Å². The van der Waals surface area contributed by atoms with Gasteiger partial charge in [-0.3, -0.25) is 0 Å². The van der Waals surface area contributed by atoms with Gasteiger partial charge in [-0.25, -0.2) is 4.98 Å². The molecule has 0 radical (unpaired) electrons. The first-order valence-corrected chi connectivity index (χ1v) is 6.69. The SMILES string of the molecule is CCc1nc(NC)cc(Oc2ccccc2CCO)n1. The third-order valence-corrected chi connectivity index (χ3v) is 2.89. The lowest BCUT2D eigenvalue weighted by Crippen LogP contribution is -2.02. The molecular formula is C15H19N3O2. The van der Waals surface area contributed by atoms with Crippen molar-refractivity contribution in [2.75, 3.05) is 19.0 Å². The number of para-hydroxylation sites is 1. The monoisotopic (exact) mass is 273 g/mol. The molecule has 0 aliphatic heterocycles. The second-order valence-corrected chi connectivity index (χ2v) is 4.29. The summed E-state index contributed by atoms with van der Waals surface area (Å²) in [6.07, 6.45) is 1.30. The summed E-state index contributed by atoms with van der Waals surface area (Å²) >= 11 is 0. The molecule has 0 aliphatic rings. The zero-order valence-electron chi connectivity index (χ0n) is 11.8. The number of aryl methyl sites for hydroxylation is 1. The number of aromatic nitrogens is 2. The minimum atomic E-state index is 0.0894. The van der Waals surface area contributed by atoms with Crippen LogP contribution in [0.25, 0.3) is 0 Å². The van der Waals surface area contributed by atoms with Crippen LogP contribution < -0.4 is 10.1 Å². The first-order valence-electron chi connectivity index (χ1n) is 6.69. The standard InChI is InChI=1S/C15H19N3O2/c1-3-13-17-14(16-2)10-15(18-13)20-12-7-5-4-6-11(12)8-9-19/h4-7,10,19H,3,8-9H2,1-2H3,(H,16,17,18). The van der Waals surface area contributed by atoms with E-state index in [0.29, 0.717) is 18.1 Å². The summed E-state index contributed by atoms with van der Waals surface area (Å²) in [6, 6.07) is 9.39. The van der Waals surface area contributed by atoms with Gasteiger partial charge in [0.15, 0.2) is 0 Å². The van der Waals surface area contributed by atoms with Crippen LogP contribution in [-0.2, 0) is 12.8 Å². The van der Waals surface area contributed by atoms with Crippen molar-refractivity contribution in [3.63, 3.8) is 0 Å². The predicted octanol–water partition coefficient (Wildman–Crippen LogP) is 2.41. The molecule has 20 heavy (non-hydrogen) atoms. The van der Waals surface area contributed by atoms with Crippen molar-refractivity contribution < 1.29 is 9.84 Å². The largest absolute Gasteiger partial charge is 0.439 e. The topological polar surface area (TPSA) is 67.3 Å². The first-order chi connectivity index (χ1) is 9.76. The van der Waals surface area contributed by atoms with Gasteiger partial charge in [0, 0.05) is 26.1 Å². The van der Waals surface area contributed by atoms with Crippen molar-refractivity contribution in [2.45, 2.75) is 19.8 Å².